The number of amides is 1. The summed E-state index contributed by atoms with van der Waals surface area (Å²) in [6.07, 6.45) is 3.02. The van der Waals surface area contributed by atoms with Gasteiger partial charge < -0.3 is 4.90 Å². The van der Waals surface area contributed by atoms with Gasteiger partial charge in [-0.15, -0.1) is 6.58 Å². The van der Waals surface area contributed by atoms with E-state index in [2.05, 4.69) is 13.5 Å². The van der Waals surface area contributed by atoms with Gasteiger partial charge in [-0.2, -0.15) is 0 Å². The first-order valence-electron chi connectivity index (χ1n) is 8.30. The molecule has 2 nitrogen and oxygen atoms in total. The van der Waals surface area contributed by atoms with Crippen molar-refractivity contribution in [2.75, 3.05) is 6.54 Å². The standard InChI is InChI=1S/C21H22FNO/c1-3-21(18-9-11-19(22)12-10-18)13-14-23(20(24)15-21)16(2)17-7-5-4-6-8-17/h3-12,16H,1,13-15H2,2H3/t16-,21+/m0/s1. The quantitative estimate of drug-likeness (QED) is 0.751. The van der Waals surface area contributed by atoms with Crippen molar-refractivity contribution in [3.63, 3.8) is 0 Å². The average molecular weight is 323 g/mol. The third-order valence-corrected chi connectivity index (χ3v) is 5.15. The molecular formula is C21H22FNO. The second-order valence-corrected chi connectivity index (χ2v) is 6.47. The molecule has 1 saturated heterocycles. The molecule has 0 saturated carbocycles. The molecule has 1 fully saturated rings. The predicted octanol–water partition coefficient (Wildman–Crippen LogP) is 4.63. The molecule has 0 N–H and O–H groups in total. The van der Waals surface area contributed by atoms with Crippen LogP contribution in [-0.2, 0) is 10.2 Å². The van der Waals surface area contributed by atoms with Crippen molar-refractivity contribution in [1.29, 1.82) is 0 Å². The minimum Gasteiger partial charge on any atom is -0.336 e. The molecule has 2 atom stereocenters. The van der Waals surface area contributed by atoms with Crippen molar-refractivity contribution in [2.24, 2.45) is 0 Å². The van der Waals surface area contributed by atoms with Crippen molar-refractivity contribution in [1.82, 2.24) is 4.90 Å². The molecule has 3 heteroatoms. The number of likely N-dealkylation sites (tertiary alicyclic amines) is 1. The summed E-state index contributed by atoms with van der Waals surface area (Å²) < 4.78 is 13.2. The fourth-order valence-electron chi connectivity index (χ4n) is 3.55. The Hall–Kier alpha value is -2.42. The molecule has 0 unspecified atom stereocenters. The maximum atomic E-state index is 13.2. The number of hydrogen-bond acceptors (Lipinski definition) is 1. The highest BCUT2D eigenvalue weighted by Gasteiger charge is 2.39. The zero-order valence-electron chi connectivity index (χ0n) is 13.9. The van der Waals surface area contributed by atoms with Crippen LogP contribution < -0.4 is 0 Å². The lowest BCUT2D eigenvalue weighted by Gasteiger charge is -2.42. The molecule has 1 amide bonds. The van der Waals surface area contributed by atoms with Gasteiger partial charge in [-0.25, -0.2) is 4.39 Å². The summed E-state index contributed by atoms with van der Waals surface area (Å²) in [6.45, 7) is 6.68. The van der Waals surface area contributed by atoms with Crippen LogP contribution in [0.25, 0.3) is 0 Å². The van der Waals surface area contributed by atoms with Crippen molar-refractivity contribution >= 4 is 5.91 Å². The Morgan fingerprint density at radius 2 is 1.83 bits per heavy atom. The lowest BCUT2D eigenvalue weighted by molar-refractivity contribution is -0.137. The molecule has 2 aromatic rings. The van der Waals surface area contributed by atoms with E-state index in [1.165, 1.54) is 12.1 Å². The van der Waals surface area contributed by atoms with Gasteiger partial charge in [0.15, 0.2) is 0 Å². The van der Waals surface area contributed by atoms with Gasteiger partial charge in [0.05, 0.1) is 6.04 Å². The number of nitrogens with zero attached hydrogens (tertiary/aromatic N) is 1. The van der Waals surface area contributed by atoms with Crippen LogP contribution in [0.1, 0.15) is 36.9 Å². The van der Waals surface area contributed by atoms with Crippen LogP contribution in [0.4, 0.5) is 4.39 Å². The highest BCUT2D eigenvalue weighted by molar-refractivity contribution is 5.80. The Balaban J connectivity index is 1.82. The van der Waals surface area contributed by atoms with Crippen LogP contribution in [0.15, 0.2) is 67.3 Å². The first-order valence-corrected chi connectivity index (χ1v) is 8.30. The van der Waals surface area contributed by atoms with E-state index in [1.807, 2.05) is 41.3 Å². The molecule has 1 aliphatic rings. The van der Waals surface area contributed by atoms with Gasteiger partial charge in [0.25, 0.3) is 0 Å². The van der Waals surface area contributed by atoms with Crippen LogP contribution in [0.2, 0.25) is 0 Å². The Morgan fingerprint density at radius 3 is 2.42 bits per heavy atom. The Labute approximate surface area is 142 Å². The summed E-state index contributed by atoms with van der Waals surface area (Å²) in [5.41, 5.74) is 1.69. The Bertz CT molecular complexity index is 725. The number of carbonyl (C=O) groups excluding carboxylic acids is 1. The molecule has 0 aromatic heterocycles. The summed E-state index contributed by atoms with van der Waals surface area (Å²) in [5, 5.41) is 0. The van der Waals surface area contributed by atoms with Crippen LogP contribution in [0.5, 0.6) is 0 Å². The van der Waals surface area contributed by atoms with E-state index in [1.54, 1.807) is 12.1 Å². The van der Waals surface area contributed by atoms with Crippen molar-refractivity contribution in [3.05, 3.63) is 84.2 Å². The van der Waals surface area contributed by atoms with Gasteiger partial charge in [0.1, 0.15) is 5.82 Å². The molecule has 0 bridgehead atoms. The summed E-state index contributed by atoms with van der Waals surface area (Å²) in [5.74, 6) is -0.152. The topological polar surface area (TPSA) is 20.3 Å². The fraction of sp³-hybridized carbons (Fsp3) is 0.286. The maximum Gasteiger partial charge on any atom is 0.224 e. The lowest BCUT2D eigenvalue weighted by Crippen LogP contribution is -2.46. The van der Waals surface area contributed by atoms with E-state index in [9.17, 15) is 9.18 Å². The SMILES string of the molecule is C=C[C@@]1(c2ccc(F)cc2)CCN([C@@H](C)c2ccccc2)C(=O)C1. The zero-order valence-corrected chi connectivity index (χ0v) is 13.9. The third kappa shape index (κ3) is 2.99. The minimum absolute atomic E-state index is 0.0507. The number of hydrogen-bond donors (Lipinski definition) is 0. The molecule has 0 spiro atoms. The van der Waals surface area contributed by atoms with E-state index >= 15 is 0 Å². The maximum absolute atomic E-state index is 13.2. The van der Waals surface area contributed by atoms with Crippen LogP contribution in [-0.4, -0.2) is 17.4 Å². The van der Waals surface area contributed by atoms with Gasteiger partial charge in [-0.1, -0.05) is 48.5 Å². The lowest BCUT2D eigenvalue weighted by atomic mass is 9.72. The van der Waals surface area contributed by atoms with Crippen molar-refractivity contribution in [3.8, 4) is 0 Å². The minimum atomic E-state index is -0.405. The average Bonchev–Trinajstić information content (AvgIpc) is 2.62. The normalized spacial score (nSPS) is 22.2. The Morgan fingerprint density at radius 1 is 1.17 bits per heavy atom. The van der Waals surface area contributed by atoms with E-state index in [0.717, 1.165) is 17.5 Å². The number of piperidine rings is 1. The summed E-state index contributed by atoms with van der Waals surface area (Å²) in [6, 6.07) is 16.5. The van der Waals surface area contributed by atoms with Crippen molar-refractivity contribution in [2.45, 2.75) is 31.2 Å². The monoisotopic (exact) mass is 323 g/mol. The number of benzene rings is 2. The molecule has 2 aromatic carbocycles. The van der Waals surface area contributed by atoms with Gasteiger partial charge in [0.2, 0.25) is 5.91 Å². The number of allylic oxidation sites excluding steroid dienone is 1. The smallest absolute Gasteiger partial charge is 0.224 e. The highest BCUT2D eigenvalue weighted by atomic mass is 19.1. The van der Waals surface area contributed by atoms with Gasteiger partial charge in [-0.3, -0.25) is 4.79 Å². The largest absolute Gasteiger partial charge is 0.336 e. The van der Waals surface area contributed by atoms with Gasteiger partial charge in [0, 0.05) is 18.4 Å². The molecule has 3 rings (SSSR count). The number of rotatable bonds is 4. The zero-order chi connectivity index (χ0) is 17.2. The van der Waals surface area contributed by atoms with Gasteiger partial charge >= 0.3 is 0 Å². The summed E-state index contributed by atoms with van der Waals surface area (Å²) >= 11 is 0. The molecule has 24 heavy (non-hydrogen) atoms. The molecule has 1 heterocycles. The fourth-order valence-corrected chi connectivity index (χ4v) is 3.55. The first kappa shape index (κ1) is 16.4. The molecule has 124 valence electrons. The molecular weight excluding hydrogens is 301 g/mol. The van der Waals surface area contributed by atoms with Crippen LogP contribution in [0.3, 0.4) is 0 Å². The second-order valence-electron chi connectivity index (χ2n) is 6.47. The molecule has 0 aliphatic carbocycles. The van der Waals surface area contributed by atoms with E-state index in [4.69, 9.17) is 0 Å². The van der Waals surface area contributed by atoms with Crippen LogP contribution >= 0.6 is 0 Å². The molecule has 0 radical (unpaired) electrons. The highest BCUT2D eigenvalue weighted by Crippen LogP contribution is 2.39. The molecule has 1 aliphatic heterocycles. The third-order valence-electron chi connectivity index (χ3n) is 5.15. The first-order chi connectivity index (χ1) is 11.6. The van der Waals surface area contributed by atoms with Crippen LogP contribution in [0, 0.1) is 5.82 Å². The summed E-state index contributed by atoms with van der Waals surface area (Å²) in [7, 11) is 0. The number of carbonyl (C=O) groups is 1. The number of halogens is 1. The van der Waals surface area contributed by atoms with Gasteiger partial charge in [-0.05, 0) is 36.6 Å². The van der Waals surface area contributed by atoms with Crippen molar-refractivity contribution < 1.29 is 9.18 Å². The van der Waals surface area contributed by atoms with E-state index in [-0.39, 0.29) is 17.8 Å². The van der Waals surface area contributed by atoms with E-state index in [0.29, 0.717) is 13.0 Å². The second kappa shape index (κ2) is 6.60. The van der Waals surface area contributed by atoms with E-state index < -0.39 is 5.41 Å². The predicted molar refractivity (Wildman–Crippen MR) is 94.1 cm³/mol. The summed E-state index contributed by atoms with van der Waals surface area (Å²) in [4.78, 5) is 14.8. The Kier molecular flexibility index (Phi) is 4.52.